The molecule has 0 heterocycles. The maximum atomic E-state index is 4.93. The Bertz CT molecular complexity index is 408. The quantitative estimate of drug-likeness (QED) is 0.227. The van der Waals surface area contributed by atoms with E-state index < -0.39 is 20.8 Å². The van der Waals surface area contributed by atoms with Gasteiger partial charge in [-0.3, -0.25) is 0 Å². The Morgan fingerprint density at radius 2 is 1.52 bits per heavy atom. The van der Waals surface area contributed by atoms with Crippen molar-refractivity contribution in [3.63, 3.8) is 0 Å². The second kappa shape index (κ2) is 16.5. The molecule has 4 aliphatic rings. The van der Waals surface area contributed by atoms with Crippen molar-refractivity contribution < 1.29 is 20.8 Å². The van der Waals surface area contributed by atoms with Gasteiger partial charge in [0.2, 0.25) is 0 Å². The van der Waals surface area contributed by atoms with Crippen LogP contribution >= 0.6 is 33.0 Å². The molecular weight excluding hydrogens is 542 g/mol. The van der Waals surface area contributed by atoms with Gasteiger partial charge in [-0.25, -0.2) is 0 Å². The van der Waals surface area contributed by atoms with Gasteiger partial charge in [-0.05, 0) is 73.5 Å². The molecule has 0 spiro atoms. The third-order valence-corrected chi connectivity index (χ3v) is 9.25. The van der Waals surface area contributed by atoms with Crippen LogP contribution in [0.15, 0.2) is 0 Å². The van der Waals surface area contributed by atoms with Gasteiger partial charge in [0.25, 0.3) is 0 Å². The Hall–Kier alpha value is 1.94. The summed E-state index contributed by atoms with van der Waals surface area (Å²) in [5, 5.41) is 0. The van der Waals surface area contributed by atoms with E-state index in [1.54, 1.807) is 6.42 Å². The van der Waals surface area contributed by atoms with Crippen LogP contribution in [0.4, 0.5) is 0 Å². The molecule has 0 bridgehead atoms. The first-order valence-electron chi connectivity index (χ1n) is 11.6. The number of hydrogen-bond acceptors (Lipinski definition) is 0. The molecule has 0 amide bonds. The van der Waals surface area contributed by atoms with Crippen molar-refractivity contribution in [2.45, 2.75) is 103 Å². The standard InChI is InChI=1S/C13H21Br.C10H20.2CH3.2ClH.Zr/c1-8-5-10-7-9-3-2-4-11(9)13(14)12(10)6-8;1-3-4-5-10-7-6-9(2)8-10;;;;;/h8-13H,2-7H2,1H3;9-10H,3-8H2,1-2H3;2*1H3;2*1H;/q;;2*-1;;;+4/p-2. The minimum atomic E-state index is -0.826. The molecule has 29 heavy (non-hydrogen) atoms. The molecule has 4 heteroatoms. The van der Waals surface area contributed by atoms with E-state index in [2.05, 4.69) is 36.7 Å². The van der Waals surface area contributed by atoms with Gasteiger partial charge in [0.1, 0.15) is 0 Å². The van der Waals surface area contributed by atoms with Gasteiger partial charge in [-0.1, -0.05) is 81.6 Å². The summed E-state index contributed by atoms with van der Waals surface area (Å²) in [5.74, 6) is 7.37. The summed E-state index contributed by atoms with van der Waals surface area (Å²) in [7, 11) is 9.87. The van der Waals surface area contributed by atoms with E-state index >= 15 is 0 Å². The summed E-state index contributed by atoms with van der Waals surface area (Å²) >= 11 is 3.20. The van der Waals surface area contributed by atoms with E-state index in [1.807, 2.05) is 0 Å². The van der Waals surface area contributed by atoms with Crippen LogP contribution in [0.5, 0.6) is 0 Å². The van der Waals surface area contributed by atoms with Gasteiger partial charge in [0.15, 0.2) is 0 Å². The molecule has 4 rings (SSSR count). The van der Waals surface area contributed by atoms with Crippen LogP contribution in [0, 0.1) is 56.3 Å². The van der Waals surface area contributed by atoms with Crippen LogP contribution in [0.3, 0.4) is 0 Å². The summed E-state index contributed by atoms with van der Waals surface area (Å²) in [6.07, 6.45) is 18.0. The zero-order valence-electron chi connectivity index (χ0n) is 19.7. The fourth-order valence-electron chi connectivity index (χ4n) is 6.67. The molecule has 0 radical (unpaired) electrons. The molecule has 0 aromatic heterocycles. The first-order chi connectivity index (χ1) is 13.0. The predicted molar refractivity (Wildman–Crippen MR) is 134 cm³/mol. The zero-order chi connectivity index (χ0) is 19.8. The molecule has 172 valence electrons. The van der Waals surface area contributed by atoms with Crippen molar-refractivity contribution in [2.75, 3.05) is 0 Å². The second-order valence-corrected chi connectivity index (χ2v) is 14.8. The van der Waals surface area contributed by atoms with Crippen molar-refractivity contribution in [2.24, 2.45) is 41.4 Å². The Kier molecular flexibility index (Phi) is 17.6. The summed E-state index contributed by atoms with van der Waals surface area (Å²) in [5.41, 5.74) is 0. The van der Waals surface area contributed by atoms with Gasteiger partial charge < -0.3 is 14.9 Å². The van der Waals surface area contributed by atoms with Crippen LogP contribution in [-0.4, -0.2) is 4.83 Å². The fraction of sp³-hybridized carbons (Fsp3) is 0.920. The topological polar surface area (TPSA) is 0 Å². The Morgan fingerprint density at radius 3 is 2.10 bits per heavy atom. The number of hydrogen-bond donors (Lipinski definition) is 0. The van der Waals surface area contributed by atoms with Crippen molar-refractivity contribution in [1.82, 2.24) is 0 Å². The molecule has 0 saturated heterocycles. The van der Waals surface area contributed by atoms with Crippen molar-refractivity contribution in [1.29, 1.82) is 0 Å². The second-order valence-electron chi connectivity index (χ2n) is 10.0. The molecule has 0 N–H and O–H groups in total. The minimum absolute atomic E-state index is 0. The molecule has 4 fully saturated rings. The number of halogens is 3. The molecule has 0 aromatic carbocycles. The Balaban J connectivity index is 0.000000468. The number of rotatable bonds is 3. The average Bonchev–Trinajstić information content (AvgIpc) is 3.34. The molecule has 0 nitrogen and oxygen atoms in total. The van der Waals surface area contributed by atoms with E-state index in [1.165, 1.54) is 70.6 Å². The molecule has 4 saturated carbocycles. The normalized spacial score (nSPS) is 39.2. The predicted octanol–water partition coefficient (Wildman–Crippen LogP) is 10.1. The van der Waals surface area contributed by atoms with Crippen molar-refractivity contribution in [3.05, 3.63) is 14.9 Å². The maximum absolute atomic E-state index is 4.93. The number of unbranched alkanes of at least 4 members (excludes halogenated alkanes) is 1. The van der Waals surface area contributed by atoms with Crippen LogP contribution in [-0.2, 0) is 20.8 Å². The Labute approximate surface area is 211 Å². The third-order valence-electron chi connectivity index (χ3n) is 7.90. The van der Waals surface area contributed by atoms with Gasteiger partial charge in [-0.2, -0.15) is 0 Å². The zero-order valence-corrected chi connectivity index (χ0v) is 25.3. The number of fused-ring (bicyclic) bond motifs is 2. The summed E-state index contributed by atoms with van der Waals surface area (Å²) in [4.78, 5) is 0.874. The molecule has 8 atom stereocenters. The van der Waals surface area contributed by atoms with Crippen molar-refractivity contribution >= 4 is 33.0 Å². The summed E-state index contributed by atoms with van der Waals surface area (Å²) < 4.78 is 0. The molecule has 0 aliphatic heterocycles. The SMILES string of the molecule is CC1CC2CC3CCCC3C(Br)C2C1.CCCCC1CCC(C)C1.[CH3-].[CH3-].[Cl][Zr+2][Cl]. The van der Waals surface area contributed by atoms with E-state index in [9.17, 15) is 0 Å². The summed E-state index contributed by atoms with van der Waals surface area (Å²) in [6, 6.07) is 0. The molecule has 8 unspecified atom stereocenters. The van der Waals surface area contributed by atoms with Crippen molar-refractivity contribution in [3.8, 4) is 0 Å². The number of alkyl halides is 1. The van der Waals surface area contributed by atoms with E-state index in [-0.39, 0.29) is 14.9 Å². The third kappa shape index (κ3) is 9.76. The van der Waals surface area contributed by atoms with Crippen LogP contribution in [0.25, 0.3) is 0 Å². The van der Waals surface area contributed by atoms with Gasteiger partial charge in [0, 0.05) is 4.83 Å². The van der Waals surface area contributed by atoms with Gasteiger partial charge in [0.05, 0.1) is 0 Å². The van der Waals surface area contributed by atoms with E-state index in [4.69, 9.17) is 17.0 Å². The first kappa shape index (κ1) is 30.9. The molecule has 0 aromatic rings. The molecule has 4 aliphatic carbocycles. The molecular formula is C25H47BrCl2Zr. The monoisotopic (exact) mass is 586 g/mol. The van der Waals surface area contributed by atoms with Crippen LogP contribution in [0.1, 0.15) is 97.8 Å². The summed E-state index contributed by atoms with van der Waals surface area (Å²) in [6.45, 7) is 7.14. The van der Waals surface area contributed by atoms with E-state index in [0.717, 1.165) is 46.3 Å². The van der Waals surface area contributed by atoms with Crippen LogP contribution in [0.2, 0.25) is 0 Å². The first-order valence-corrected chi connectivity index (χ1v) is 18.8. The van der Waals surface area contributed by atoms with E-state index in [0.29, 0.717) is 0 Å². The van der Waals surface area contributed by atoms with Gasteiger partial charge in [-0.15, -0.1) is 0 Å². The Morgan fingerprint density at radius 1 is 0.828 bits per heavy atom. The fourth-order valence-corrected chi connectivity index (χ4v) is 8.01. The average molecular weight is 590 g/mol. The van der Waals surface area contributed by atoms with Gasteiger partial charge >= 0.3 is 37.9 Å². The van der Waals surface area contributed by atoms with Crippen LogP contribution < -0.4 is 0 Å².